The Balaban J connectivity index is 1.72. The van der Waals surface area contributed by atoms with Gasteiger partial charge < -0.3 is 10.0 Å². The van der Waals surface area contributed by atoms with Gasteiger partial charge in [-0.2, -0.15) is 0 Å². The number of carbonyl (C=O) groups excluding carboxylic acids is 1. The summed E-state index contributed by atoms with van der Waals surface area (Å²) in [5.41, 5.74) is 0. The maximum absolute atomic E-state index is 12.5. The minimum atomic E-state index is -0.861. The zero-order valence-corrected chi connectivity index (χ0v) is 12.9. The van der Waals surface area contributed by atoms with Gasteiger partial charge in [0, 0.05) is 9.75 Å². The molecule has 4 nitrogen and oxygen atoms in total. The minimum absolute atomic E-state index is 0.0378. The first kappa shape index (κ1) is 14.3. The van der Waals surface area contributed by atoms with Gasteiger partial charge >= 0.3 is 5.97 Å². The fraction of sp³-hybridized carbons (Fsp3) is 0.333. The molecule has 2 aromatic rings. The number of hydrogen-bond acceptors (Lipinski definition) is 4. The van der Waals surface area contributed by atoms with Crippen molar-refractivity contribution < 1.29 is 14.7 Å². The molecule has 3 rings (SSSR count). The molecule has 0 spiro atoms. The van der Waals surface area contributed by atoms with Crippen LogP contribution >= 0.6 is 22.7 Å². The lowest BCUT2D eigenvalue weighted by Crippen LogP contribution is -2.31. The summed E-state index contributed by atoms with van der Waals surface area (Å²) >= 11 is 3.23. The van der Waals surface area contributed by atoms with Gasteiger partial charge in [0.15, 0.2) is 0 Å². The molecule has 2 unspecified atom stereocenters. The standard InChI is InChI=1S/C15H15NO3S2/c17-14(12-7-13(12)15(18)19)16(8-10-3-1-5-20-10)9-11-4-2-6-21-11/h1-6,12-13H,7-9H2,(H,18,19). The third-order valence-electron chi connectivity index (χ3n) is 3.59. The van der Waals surface area contributed by atoms with E-state index in [0.717, 1.165) is 9.75 Å². The molecule has 110 valence electrons. The zero-order chi connectivity index (χ0) is 14.8. The molecule has 0 aliphatic heterocycles. The molecule has 2 aromatic heterocycles. The largest absolute Gasteiger partial charge is 0.481 e. The predicted molar refractivity (Wildman–Crippen MR) is 82.1 cm³/mol. The van der Waals surface area contributed by atoms with Crippen LogP contribution in [-0.4, -0.2) is 21.9 Å². The normalized spacial score (nSPS) is 20.2. The van der Waals surface area contributed by atoms with Gasteiger partial charge in [0.1, 0.15) is 0 Å². The molecule has 21 heavy (non-hydrogen) atoms. The SMILES string of the molecule is O=C(O)C1CC1C(=O)N(Cc1cccs1)Cc1cccs1. The summed E-state index contributed by atoms with van der Waals surface area (Å²) < 4.78 is 0. The molecule has 1 aliphatic rings. The summed E-state index contributed by atoms with van der Waals surface area (Å²) in [4.78, 5) is 27.5. The second kappa shape index (κ2) is 5.99. The molecule has 1 saturated carbocycles. The lowest BCUT2D eigenvalue weighted by Gasteiger charge is -2.21. The highest BCUT2D eigenvalue weighted by Gasteiger charge is 2.49. The molecule has 0 radical (unpaired) electrons. The maximum Gasteiger partial charge on any atom is 0.307 e. The molecular weight excluding hydrogens is 306 g/mol. The van der Waals surface area contributed by atoms with E-state index in [1.807, 2.05) is 35.0 Å². The van der Waals surface area contributed by atoms with E-state index in [2.05, 4.69) is 0 Å². The highest BCUT2D eigenvalue weighted by Crippen LogP contribution is 2.40. The summed E-state index contributed by atoms with van der Waals surface area (Å²) in [7, 11) is 0. The fourth-order valence-corrected chi connectivity index (χ4v) is 3.81. The number of thiophene rings is 2. The molecular formula is C15H15NO3S2. The second-order valence-electron chi connectivity index (χ2n) is 5.14. The van der Waals surface area contributed by atoms with Crippen molar-refractivity contribution in [3.63, 3.8) is 0 Å². The van der Waals surface area contributed by atoms with Gasteiger partial charge in [-0.1, -0.05) is 12.1 Å². The predicted octanol–water partition coefficient (Wildman–Crippen LogP) is 3.06. The van der Waals surface area contributed by atoms with Crippen molar-refractivity contribution in [3.05, 3.63) is 44.8 Å². The Morgan fingerprint density at radius 3 is 2.05 bits per heavy atom. The van der Waals surface area contributed by atoms with E-state index < -0.39 is 11.9 Å². The van der Waals surface area contributed by atoms with Gasteiger partial charge in [-0.25, -0.2) is 0 Å². The number of hydrogen-bond donors (Lipinski definition) is 1. The van der Waals surface area contributed by atoms with E-state index in [1.165, 1.54) is 0 Å². The molecule has 1 amide bonds. The average molecular weight is 321 g/mol. The smallest absolute Gasteiger partial charge is 0.307 e. The molecule has 0 saturated heterocycles. The maximum atomic E-state index is 12.5. The average Bonchev–Trinajstić information content (AvgIpc) is 2.85. The van der Waals surface area contributed by atoms with E-state index in [-0.39, 0.29) is 11.8 Å². The third kappa shape index (κ3) is 3.33. The first-order valence-corrected chi connectivity index (χ1v) is 8.47. The summed E-state index contributed by atoms with van der Waals surface area (Å²) in [5, 5.41) is 13.0. The van der Waals surface area contributed by atoms with Gasteiger partial charge in [0.05, 0.1) is 24.9 Å². The number of rotatable bonds is 6. The lowest BCUT2D eigenvalue weighted by molar-refractivity contribution is -0.142. The van der Waals surface area contributed by atoms with Gasteiger partial charge in [-0.05, 0) is 29.3 Å². The van der Waals surface area contributed by atoms with Crippen molar-refractivity contribution in [2.24, 2.45) is 11.8 Å². The minimum Gasteiger partial charge on any atom is -0.481 e. The number of amides is 1. The topological polar surface area (TPSA) is 57.6 Å². The van der Waals surface area contributed by atoms with Crippen molar-refractivity contribution >= 4 is 34.6 Å². The highest BCUT2D eigenvalue weighted by atomic mass is 32.1. The van der Waals surface area contributed by atoms with E-state index in [4.69, 9.17) is 5.11 Å². The Bertz CT molecular complexity index is 585. The van der Waals surface area contributed by atoms with Gasteiger partial charge in [0.2, 0.25) is 5.91 Å². The summed E-state index contributed by atoms with van der Waals surface area (Å²) in [6.45, 7) is 1.11. The van der Waals surface area contributed by atoms with Crippen LogP contribution in [0.25, 0.3) is 0 Å². The van der Waals surface area contributed by atoms with E-state index in [0.29, 0.717) is 19.5 Å². The lowest BCUT2D eigenvalue weighted by atomic mass is 10.2. The zero-order valence-electron chi connectivity index (χ0n) is 11.3. The summed E-state index contributed by atoms with van der Waals surface area (Å²) in [6.07, 6.45) is 0.472. The molecule has 0 bridgehead atoms. The fourth-order valence-electron chi connectivity index (χ4n) is 2.37. The van der Waals surface area contributed by atoms with Crippen molar-refractivity contribution in [3.8, 4) is 0 Å². The van der Waals surface area contributed by atoms with Crippen LogP contribution in [0.5, 0.6) is 0 Å². The van der Waals surface area contributed by atoms with Gasteiger partial charge in [-0.3, -0.25) is 9.59 Å². The molecule has 6 heteroatoms. The Labute approximate surface area is 130 Å². The van der Waals surface area contributed by atoms with Crippen molar-refractivity contribution in [1.82, 2.24) is 4.90 Å². The molecule has 1 N–H and O–H groups in total. The molecule has 1 fully saturated rings. The van der Waals surface area contributed by atoms with Crippen molar-refractivity contribution in [2.45, 2.75) is 19.5 Å². The number of carboxylic acid groups (broad SMARTS) is 1. The number of carbonyl (C=O) groups is 2. The van der Waals surface area contributed by atoms with Crippen LogP contribution in [0.3, 0.4) is 0 Å². The van der Waals surface area contributed by atoms with Crippen LogP contribution in [-0.2, 0) is 22.7 Å². The number of nitrogens with zero attached hydrogens (tertiary/aromatic N) is 1. The highest BCUT2D eigenvalue weighted by molar-refractivity contribution is 7.10. The summed E-state index contributed by atoms with van der Waals surface area (Å²) in [5.74, 6) is -1.74. The van der Waals surface area contributed by atoms with Crippen LogP contribution in [0.2, 0.25) is 0 Å². The monoisotopic (exact) mass is 321 g/mol. The Morgan fingerprint density at radius 2 is 1.67 bits per heavy atom. The van der Waals surface area contributed by atoms with E-state index in [9.17, 15) is 9.59 Å². The molecule has 0 aromatic carbocycles. The summed E-state index contributed by atoms with van der Waals surface area (Å²) in [6, 6.07) is 7.93. The van der Waals surface area contributed by atoms with Crippen molar-refractivity contribution in [1.29, 1.82) is 0 Å². The Morgan fingerprint density at radius 1 is 1.10 bits per heavy atom. The van der Waals surface area contributed by atoms with E-state index >= 15 is 0 Å². The Kier molecular flexibility index (Phi) is 4.07. The molecule has 2 atom stereocenters. The van der Waals surface area contributed by atoms with Crippen LogP contribution < -0.4 is 0 Å². The van der Waals surface area contributed by atoms with Crippen LogP contribution in [0.15, 0.2) is 35.0 Å². The van der Waals surface area contributed by atoms with Crippen molar-refractivity contribution in [2.75, 3.05) is 0 Å². The Hall–Kier alpha value is -1.66. The first-order valence-electron chi connectivity index (χ1n) is 6.71. The first-order chi connectivity index (χ1) is 10.1. The number of carboxylic acids is 1. The second-order valence-corrected chi connectivity index (χ2v) is 7.20. The van der Waals surface area contributed by atoms with Gasteiger partial charge in [-0.15, -0.1) is 22.7 Å². The molecule has 2 heterocycles. The number of aliphatic carboxylic acids is 1. The third-order valence-corrected chi connectivity index (χ3v) is 5.31. The quantitative estimate of drug-likeness (QED) is 0.889. The molecule has 1 aliphatic carbocycles. The van der Waals surface area contributed by atoms with E-state index in [1.54, 1.807) is 27.6 Å². The van der Waals surface area contributed by atoms with Crippen LogP contribution in [0, 0.1) is 11.8 Å². The van der Waals surface area contributed by atoms with Crippen LogP contribution in [0.4, 0.5) is 0 Å². The van der Waals surface area contributed by atoms with Gasteiger partial charge in [0.25, 0.3) is 0 Å². The van der Waals surface area contributed by atoms with Crippen LogP contribution in [0.1, 0.15) is 16.2 Å².